The van der Waals surface area contributed by atoms with Crippen molar-refractivity contribution in [2.75, 3.05) is 24.7 Å². The van der Waals surface area contributed by atoms with E-state index >= 15 is 0 Å². The number of allylic oxidation sites excluding steroid dienone is 1. The summed E-state index contributed by atoms with van der Waals surface area (Å²) in [5.74, 6) is -0.726. The lowest BCUT2D eigenvalue weighted by Crippen LogP contribution is -2.28. The van der Waals surface area contributed by atoms with Crippen molar-refractivity contribution in [1.29, 1.82) is 0 Å². The standard InChI is InChI=1S/C34H46N2O5/c1-3-5-7-8-20-39-31-15-17-32(18-16-31)41-34(38)26-13-10-25(11-14-26)12-19-33(37)40-24-27(9-6-4-2)28-21-29(35)23-30(36)22-28/h3,10-14,19,21-23,27,31-32H,1,4-9,15-18,20,24,35-36H2,2H3/b19-12+. The minimum atomic E-state index is -0.428. The number of esters is 2. The molecule has 7 heteroatoms. The van der Waals surface area contributed by atoms with Gasteiger partial charge >= 0.3 is 11.9 Å². The van der Waals surface area contributed by atoms with Crippen LogP contribution in [-0.4, -0.2) is 37.4 Å². The van der Waals surface area contributed by atoms with Gasteiger partial charge in [-0.1, -0.05) is 38.0 Å². The summed E-state index contributed by atoms with van der Waals surface area (Å²) in [6.45, 7) is 6.90. The molecule has 1 atom stereocenters. The number of carbonyl (C=O) groups excluding carboxylic acids is 2. The van der Waals surface area contributed by atoms with Crippen LogP contribution in [0.15, 0.2) is 61.2 Å². The molecular formula is C34H46N2O5. The summed E-state index contributed by atoms with van der Waals surface area (Å²) in [6, 6.07) is 12.5. The molecule has 1 fully saturated rings. The number of unbranched alkanes of at least 4 members (excludes halogenated alkanes) is 3. The molecule has 0 saturated heterocycles. The van der Waals surface area contributed by atoms with Crippen LogP contribution in [0, 0.1) is 0 Å². The molecule has 3 rings (SSSR count). The van der Waals surface area contributed by atoms with Gasteiger partial charge in [0.1, 0.15) is 6.10 Å². The summed E-state index contributed by atoms with van der Waals surface area (Å²) in [4.78, 5) is 25.1. The fraction of sp³-hybridized carbons (Fsp3) is 0.471. The molecule has 222 valence electrons. The van der Waals surface area contributed by atoms with Crippen LogP contribution in [0.2, 0.25) is 0 Å². The van der Waals surface area contributed by atoms with Gasteiger partial charge < -0.3 is 25.7 Å². The maximum atomic E-state index is 12.7. The van der Waals surface area contributed by atoms with E-state index in [0.29, 0.717) is 16.9 Å². The van der Waals surface area contributed by atoms with Gasteiger partial charge in [-0.05, 0) is 98.9 Å². The van der Waals surface area contributed by atoms with Crippen LogP contribution in [0.1, 0.15) is 98.5 Å². The number of ether oxygens (including phenoxy) is 3. The van der Waals surface area contributed by atoms with Gasteiger partial charge in [-0.25, -0.2) is 9.59 Å². The first kappa shape index (κ1) is 31.9. The maximum Gasteiger partial charge on any atom is 0.338 e. The summed E-state index contributed by atoms with van der Waals surface area (Å²) in [6.07, 6.45) is 14.7. The Labute approximate surface area is 244 Å². The van der Waals surface area contributed by atoms with Crippen molar-refractivity contribution in [2.24, 2.45) is 0 Å². The Bertz CT molecular complexity index is 1120. The molecule has 0 amide bonds. The molecule has 7 nitrogen and oxygen atoms in total. The largest absolute Gasteiger partial charge is 0.462 e. The van der Waals surface area contributed by atoms with Crippen molar-refractivity contribution in [3.8, 4) is 0 Å². The number of hydrogen-bond acceptors (Lipinski definition) is 7. The highest BCUT2D eigenvalue weighted by atomic mass is 16.5. The smallest absolute Gasteiger partial charge is 0.338 e. The lowest BCUT2D eigenvalue weighted by atomic mass is 9.93. The van der Waals surface area contributed by atoms with Crippen LogP contribution in [0.25, 0.3) is 6.08 Å². The fourth-order valence-corrected chi connectivity index (χ4v) is 5.04. The van der Waals surface area contributed by atoms with Crippen LogP contribution in [0.4, 0.5) is 11.4 Å². The highest BCUT2D eigenvalue weighted by molar-refractivity contribution is 5.90. The highest BCUT2D eigenvalue weighted by Crippen LogP contribution is 2.27. The van der Waals surface area contributed by atoms with Gasteiger partial charge in [-0.3, -0.25) is 0 Å². The number of nitrogen functional groups attached to an aromatic ring is 2. The van der Waals surface area contributed by atoms with Crippen LogP contribution in [0.3, 0.4) is 0 Å². The lowest BCUT2D eigenvalue weighted by Gasteiger charge is -2.28. The van der Waals surface area contributed by atoms with Gasteiger partial charge in [0, 0.05) is 30.0 Å². The average Bonchev–Trinajstić information content (AvgIpc) is 2.96. The Kier molecular flexibility index (Phi) is 13.5. The molecule has 0 spiro atoms. The van der Waals surface area contributed by atoms with Crippen LogP contribution in [0.5, 0.6) is 0 Å². The SMILES string of the molecule is C=CCCCCOC1CCC(OC(=O)c2ccc(/C=C/C(=O)OCC(CCCC)c3cc(N)cc(N)c3)cc2)CC1. The molecular weight excluding hydrogens is 516 g/mol. The Balaban J connectivity index is 1.42. The molecule has 41 heavy (non-hydrogen) atoms. The molecule has 0 aliphatic heterocycles. The third-order valence-corrected chi connectivity index (χ3v) is 7.41. The Morgan fingerprint density at radius 1 is 0.976 bits per heavy atom. The number of carbonyl (C=O) groups is 2. The minimum absolute atomic E-state index is 0.0263. The molecule has 0 aromatic heterocycles. The first-order valence-corrected chi connectivity index (χ1v) is 14.9. The second-order valence-electron chi connectivity index (χ2n) is 10.8. The monoisotopic (exact) mass is 562 g/mol. The van der Waals surface area contributed by atoms with Crippen molar-refractivity contribution in [3.63, 3.8) is 0 Å². The van der Waals surface area contributed by atoms with Crippen LogP contribution >= 0.6 is 0 Å². The molecule has 1 unspecified atom stereocenters. The first-order chi connectivity index (χ1) is 19.9. The van der Waals surface area contributed by atoms with E-state index in [2.05, 4.69) is 13.5 Å². The quantitative estimate of drug-likeness (QED) is 0.0730. The van der Waals surface area contributed by atoms with Crippen molar-refractivity contribution in [2.45, 2.75) is 89.3 Å². The molecule has 4 N–H and O–H groups in total. The Morgan fingerprint density at radius 2 is 1.66 bits per heavy atom. The zero-order chi connectivity index (χ0) is 29.5. The summed E-state index contributed by atoms with van der Waals surface area (Å²) >= 11 is 0. The average molecular weight is 563 g/mol. The predicted octanol–water partition coefficient (Wildman–Crippen LogP) is 7.22. The molecule has 1 aliphatic carbocycles. The van der Waals surface area contributed by atoms with Crippen molar-refractivity contribution in [3.05, 3.63) is 77.9 Å². The zero-order valence-electron chi connectivity index (χ0n) is 24.4. The molecule has 0 heterocycles. The molecule has 2 aromatic carbocycles. The van der Waals surface area contributed by atoms with Gasteiger partial charge in [0.2, 0.25) is 0 Å². The van der Waals surface area contributed by atoms with E-state index < -0.39 is 5.97 Å². The van der Waals surface area contributed by atoms with E-state index in [9.17, 15) is 9.59 Å². The van der Waals surface area contributed by atoms with Gasteiger partial charge in [0.25, 0.3) is 0 Å². The fourth-order valence-electron chi connectivity index (χ4n) is 5.04. The molecule has 1 saturated carbocycles. The summed E-state index contributed by atoms with van der Waals surface area (Å²) in [5, 5.41) is 0. The van der Waals surface area contributed by atoms with E-state index in [0.717, 1.165) is 81.9 Å². The first-order valence-electron chi connectivity index (χ1n) is 14.9. The Hall–Kier alpha value is -3.58. The highest BCUT2D eigenvalue weighted by Gasteiger charge is 2.24. The summed E-state index contributed by atoms with van der Waals surface area (Å²) < 4.78 is 17.3. The van der Waals surface area contributed by atoms with Gasteiger partial charge in [-0.15, -0.1) is 6.58 Å². The number of benzene rings is 2. The normalized spacial score (nSPS) is 17.7. The van der Waals surface area contributed by atoms with Gasteiger partial charge in [0.15, 0.2) is 0 Å². The van der Waals surface area contributed by atoms with Crippen molar-refractivity contribution in [1.82, 2.24) is 0 Å². The topological polar surface area (TPSA) is 114 Å². The number of rotatable bonds is 16. The van der Waals surface area contributed by atoms with Crippen LogP contribution in [-0.2, 0) is 19.0 Å². The second kappa shape index (κ2) is 17.3. The number of hydrogen-bond donors (Lipinski definition) is 2. The van der Waals surface area contributed by atoms with Gasteiger partial charge in [-0.2, -0.15) is 0 Å². The third-order valence-electron chi connectivity index (χ3n) is 7.41. The zero-order valence-corrected chi connectivity index (χ0v) is 24.4. The lowest BCUT2D eigenvalue weighted by molar-refractivity contribution is -0.138. The van der Waals surface area contributed by atoms with E-state index in [4.69, 9.17) is 25.7 Å². The van der Waals surface area contributed by atoms with E-state index in [1.165, 1.54) is 6.08 Å². The van der Waals surface area contributed by atoms with E-state index in [1.54, 1.807) is 36.4 Å². The summed E-state index contributed by atoms with van der Waals surface area (Å²) in [5.41, 5.74) is 15.4. The predicted molar refractivity (Wildman–Crippen MR) is 165 cm³/mol. The summed E-state index contributed by atoms with van der Waals surface area (Å²) in [7, 11) is 0. The van der Waals surface area contributed by atoms with Crippen molar-refractivity contribution >= 4 is 29.4 Å². The number of anilines is 2. The van der Waals surface area contributed by atoms with E-state index in [1.807, 2.05) is 18.2 Å². The van der Waals surface area contributed by atoms with Crippen molar-refractivity contribution < 1.29 is 23.8 Å². The Morgan fingerprint density at radius 3 is 2.32 bits per heavy atom. The van der Waals surface area contributed by atoms with Crippen LogP contribution < -0.4 is 11.5 Å². The second-order valence-corrected chi connectivity index (χ2v) is 10.8. The molecule has 0 radical (unpaired) electrons. The minimum Gasteiger partial charge on any atom is -0.462 e. The third kappa shape index (κ3) is 11.4. The number of nitrogens with two attached hydrogens (primary N) is 2. The molecule has 0 bridgehead atoms. The van der Waals surface area contributed by atoms with E-state index in [-0.39, 0.29) is 30.7 Å². The molecule has 2 aromatic rings. The maximum absolute atomic E-state index is 12.7. The van der Waals surface area contributed by atoms with Gasteiger partial charge in [0.05, 0.1) is 18.3 Å². The molecule has 1 aliphatic rings.